The zero-order valence-corrected chi connectivity index (χ0v) is 17.9. The third kappa shape index (κ3) is 4.24. The molecule has 1 atom stereocenters. The summed E-state index contributed by atoms with van der Waals surface area (Å²) in [6.07, 6.45) is 5.79. The molecule has 1 amide bonds. The Bertz CT molecular complexity index is 938. The van der Waals surface area contributed by atoms with Gasteiger partial charge in [-0.2, -0.15) is 5.10 Å². The molecule has 4 fully saturated rings. The number of piperidine rings is 1. The minimum atomic E-state index is -0.621. The molecule has 0 bridgehead atoms. The Morgan fingerprint density at radius 1 is 0.935 bits per heavy atom. The number of hydrogen-bond acceptors (Lipinski definition) is 5. The van der Waals surface area contributed by atoms with Gasteiger partial charge in [0.1, 0.15) is 12.0 Å². The number of anilines is 1. The molecule has 1 unspecified atom stereocenters. The lowest BCUT2D eigenvalue weighted by atomic mass is 9.90. The molecule has 1 aromatic carbocycles. The standard InChI is InChI=1S/C18H24N4O3.C6H6/c23-15-6-5-14(19-22(15)12-13-3-4-13)20-10-7-18(8-11-20)17(24)21-9-1-2-16(21)25-18;1-2-4-6-5-3-1/h5-6,13,16H,1-4,7-12H2;1-6H. The highest BCUT2D eigenvalue weighted by molar-refractivity contribution is 5.87. The summed E-state index contributed by atoms with van der Waals surface area (Å²) >= 11 is 0. The summed E-state index contributed by atoms with van der Waals surface area (Å²) < 4.78 is 7.79. The number of carbonyl (C=O) groups is 1. The Morgan fingerprint density at radius 3 is 2.23 bits per heavy atom. The zero-order valence-electron chi connectivity index (χ0n) is 17.9. The van der Waals surface area contributed by atoms with Crippen molar-refractivity contribution in [2.75, 3.05) is 24.5 Å². The minimum absolute atomic E-state index is 0.00220. The van der Waals surface area contributed by atoms with Crippen LogP contribution in [-0.4, -0.2) is 52.1 Å². The van der Waals surface area contributed by atoms with E-state index in [9.17, 15) is 9.59 Å². The molecular formula is C24H30N4O3. The van der Waals surface area contributed by atoms with Crippen LogP contribution in [-0.2, 0) is 16.1 Å². The fraction of sp³-hybridized carbons (Fsp3) is 0.542. The summed E-state index contributed by atoms with van der Waals surface area (Å²) in [5.74, 6) is 1.63. The second-order valence-corrected chi connectivity index (χ2v) is 9.00. The highest BCUT2D eigenvalue weighted by Gasteiger charge is 2.55. The van der Waals surface area contributed by atoms with Crippen molar-refractivity contribution in [1.82, 2.24) is 14.7 Å². The Kier molecular flexibility index (Phi) is 5.52. The largest absolute Gasteiger partial charge is 0.355 e. The topological polar surface area (TPSA) is 67.7 Å². The number of hydrogen-bond donors (Lipinski definition) is 0. The normalized spacial score (nSPS) is 24.1. The average molecular weight is 423 g/mol. The second-order valence-electron chi connectivity index (χ2n) is 9.00. The van der Waals surface area contributed by atoms with Crippen LogP contribution in [0.5, 0.6) is 0 Å². The van der Waals surface area contributed by atoms with E-state index in [0.717, 1.165) is 44.8 Å². The first kappa shape index (κ1) is 20.2. The quantitative estimate of drug-likeness (QED) is 0.761. The Hall–Kier alpha value is -2.67. The molecular weight excluding hydrogens is 392 g/mol. The van der Waals surface area contributed by atoms with Gasteiger partial charge in [-0.3, -0.25) is 9.59 Å². The molecule has 7 nitrogen and oxygen atoms in total. The summed E-state index contributed by atoms with van der Waals surface area (Å²) in [4.78, 5) is 28.8. The summed E-state index contributed by atoms with van der Waals surface area (Å²) in [6, 6.07) is 15.4. The van der Waals surface area contributed by atoms with Gasteiger partial charge < -0.3 is 14.5 Å². The summed E-state index contributed by atoms with van der Waals surface area (Å²) in [5.41, 5.74) is -0.650. The van der Waals surface area contributed by atoms with Crippen molar-refractivity contribution >= 4 is 11.7 Å². The number of benzene rings is 1. The first-order valence-electron chi connectivity index (χ1n) is 11.5. The van der Waals surface area contributed by atoms with Crippen molar-refractivity contribution in [3.05, 3.63) is 58.9 Å². The number of ether oxygens (including phenoxy) is 1. The Morgan fingerprint density at radius 2 is 1.61 bits per heavy atom. The van der Waals surface area contributed by atoms with Crippen LogP contribution in [0.15, 0.2) is 53.3 Å². The molecule has 2 aromatic rings. The first-order valence-corrected chi connectivity index (χ1v) is 11.5. The van der Waals surface area contributed by atoms with Gasteiger partial charge >= 0.3 is 0 Å². The monoisotopic (exact) mass is 422 g/mol. The predicted octanol–water partition coefficient (Wildman–Crippen LogP) is 2.66. The molecule has 3 aliphatic heterocycles. The lowest BCUT2D eigenvalue weighted by Crippen LogP contribution is -2.50. The summed E-state index contributed by atoms with van der Waals surface area (Å²) in [5, 5.41) is 4.56. The molecule has 1 aliphatic carbocycles. The fourth-order valence-electron chi connectivity index (χ4n) is 4.76. The number of nitrogens with zero attached hydrogens (tertiary/aromatic N) is 4. The van der Waals surface area contributed by atoms with Crippen LogP contribution in [0.3, 0.4) is 0 Å². The lowest BCUT2D eigenvalue weighted by Gasteiger charge is -2.37. The molecule has 3 saturated heterocycles. The van der Waals surface area contributed by atoms with E-state index in [1.165, 1.54) is 12.8 Å². The molecule has 0 radical (unpaired) electrons. The third-order valence-corrected chi connectivity index (χ3v) is 6.75. The molecule has 31 heavy (non-hydrogen) atoms. The lowest BCUT2D eigenvalue weighted by molar-refractivity contribution is -0.139. The van der Waals surface area contributed by atoms with Gasteiger partial charge in [-0.15, -0.1) is 0 Å². The molecule has 164 valence electrons. The number of fused-ring (bicyclic) bond motifs is 1. The summed E-state index contributed by atoms with van der Waals surface area (Å²) in [6.45, 7) is 3.03. The van der Waals surface area contributed by atoms with Crippen LogP contribution >= 0.6 is 0 Å². The van der Waals surface area contributed by atoms with Crippen molar-refractivity contribution < 1.29 is 9.53 Å². The van der Waals surface area contributed by atoms with Gasteiger partial charge in [0.25, 0.3) is 11.5 Å². The van der Waals surface area contributed by atoms with Crippen molar-refractivity contribution in [3.63, 3.8) is 0 Å². The van der Waals surface area contributed by atoms with Crippen LogP contribution < -0.4 is 10.5 Å². The average Bonchev–Trinajstić information content (AvgIpc) is 3.45. The fourth-order valence-corrected chi connectivity index (χ4v) is 4.76. The number of rotatable bonds is 3. The van der Waals surface area contributed by atoms with E-state index >= 15 is 0 Å². The van der Waals surface area contributed by atoms with E-state index < -0.39 is 5.60 Å². The number of aromatic nitrogens is 2. The van der Waals surface area contributed by atoms with E-state index in [0.29, 0.717) is 18.8 Å². The van der Waals surface area contributed by atoms with Gasteiger partial charge in [0, 0.05) is 45.1 Å². The van der Waals surface area contributed by atoms with Gasteiger partial charge in [-0.05, 0) is 37.7 Å². The zero-order chi connectivity index (χ0) is 21.3. The summed E-state index contributed by atoms with van der Waals surface area (Å²) in [7, 11) is 0. The van der Waals surface area contributed by atoms with E-state index in [1.54, 1.807) is 16.8 Å². The maximum atomic E-state index is 12.8. The molecule has 0 N–H and O–H groups in total. The third-order valence-electron chi connectivity index (χ3n) is 6.75. The Balaban J connectivity index is 0.000000296. The van der Waals surface area contributed by atoms with E-state index in [2.05, 4.69) is 10.00 Å². The van der Waals surface area contributed by atoms with Gasteiger partial charge in [-0.1, -0.05) is 36.4 Å². The van der Waals surface area contributed by atoms with Crippen LogP contribution in [0, 0.1) is 5.92 Å². The number of carbonyl (C=O) groups excluding carboxylic acids is 1. The Labute approximate surface area is 182 Å². The molecule has 7 heteroatoms. The smallest absolute Gasteiger partial charge is 0.266 e. The van der Waals surface area contributed by atoms with Crippen LogP contribution in [0.25, 0.3) is 0 Å². The highest BCUT2D eigenvalue weighted by atomic mass is 16.6. The van der Waals surface area contributed by atoms with E-state index in [4.69, 9.17) is 4.74 Å². The number of amides is 1. The highest BCUT2D eigenvalue weighted by Crippen LogP contribution is 2.40. The molecule has 1 saturated carbocycles. The first-order chi connectivity index (χ1) is 15.1. The van der Waals surface area contributed by atoms with Crippen molar-refractivity contribution in [3.8, 4) is 0 Å². The van der Waals surface area contributed by atoms with Gasteiger partial charge in [0.15, 0.2) is 5.60 Å². The van der Waals surface area contributed by atoms with Gasteiger partial charge in [0.2, 0.25) is 0 Å². The maximum absolute atomic E-state index is 12.8. The second kappa shape index (κ2) is 8.46. The van der Waals surface area contributed by atoms with Crippen LogP contribution in [0.2, 0.25) is 0 Å². The minimum Gasteiger partial charge on any atom is -0.355 e. The van der Waals surface area contributed by atoms with Crippen molar-refractivity contribution in [1.29, 1.82) is 0 Å². The molecule has 4 aliphatic rings. The SMILES string of the molecule is O=C1N2CCCC2OC12CCN(c1ccc(=O)n(CC3CC3)n1)CC2.c1ccccc1. The van der Waals surface area contributed by atoms with Gasteiger partial charge in [-0.25, -0.2) is 4.68 Å². The van der Waals surface area contributed by atoms with E-state index in [-0.39, 0.29) is 17.7 Å². The molecule has 1 spiro atoms. The van der Waals surface area contributed by atoms with Crippen LogP contribution in [0.1, 0.15) is 38.5 Å². The van der Waals surface area contributed by atoms with Crippen molar-refractivity contribution in [2.24, 2.45) is 5.92 Å². The predicted molar refractivity (Wildman–Crippen MR) is 118 cm³/mol. The van der Waals surface area contributed by atoms with Crippen molar-refractivity contribution in [2.45, 2.75) is 56.9 Å². The maximum Gasteiger partial charge on any atom is 0.266 e. The molecule has 4 heterocycles. The van der Waals surface area contributed by atoms with E-state index in [1.807, 2.05) is 41.3 Å². The van der Waals surface area contributed by atoms with Crippen LogP contribution in [0.4, 0.5) is 5.82 Å². The van der Waals surface area contributed by atoms with Gasteiger partial charge in [0.05, 0.1) is 0 Å². The molecule has 6 rings (SSSR count). The molecule has 1 aromatic heterocycles.